The standard InChI is InChI=1S/C19H23ClFN3S/c1-3-24(4-2)18(14-9-5-6-10-15(14)20)13-22-19(25)23-17-12-8-7-11-16(17)21/h5-12,18H,3-4,13H2,1-2H3,(H2,22,23,25)/p+1/t18-/m1/s1. The van der Waals surface area contributed by atoms with E-state index in [2.05, 4.69) is 24.5 Å². The third kappa shape index (κ3) is 5.39. The van der Waals surface area contributed by atoms with Gasteiger partial charge in [0.05, 0.1) is 25.3 Å². The topological polar surface area (TPSA) is 28.5 Å². The van der Waals surface area contributed by atoms with E-state index in [4.69, 9.17) is 23.8 Å². The summed E-state index contributed by atoms with van der Waals surface area (Å²) in [5.41, 5.74) is 1.45. The fourth-order valence-electron chi connectivity index (χ4n) is 2.90. The molecule has 0 unspecified atom stereocenters. The molecule has 0 fully saturated rings. The Morgan fingerprint density at radius 1 is 1.12 bits per heavy atom. The van der Waals surface area contributed by atoms with Crippen LogP contribution < -0.4 is 15.5 Å². The Morgan fingerprint density at radius 3 is 2.40 bits per heavy atom. The second-order valence-corrected chi connectivity index (χ2v) is 6.57. The molecule has 0 aromatic heterocycles. The lowest BCUT2D eigenvalue weighted by Crippen LogP contribution is -3.12. The molecule has 0 aliphatic carbocycles. The van der Waals surface area contributed by atoms with E-state index in [0.29, 0.717) is 17.3 Å². The number of likely N-dealkylation sites (N-methyl/N-ethyl adjacent to an activating group) is 1. The molecule has 0 saturated carbocycles. The minimum atomic E-state index is -0.330. The fourth-order valence-corrected chi connectivity index (χ4v) is 3.36. The van der Waals surface area contributed by atoms with E-state index in [1.807, 2.05) is 24.3 Å². The van der Waals surface area contributed by atoms with E-state index < -0.39 is 0 Å². The van der Waals surface area contributed by atoms with Crippen LogP contribution in [0, 0.1) is 5.82 Å². The predicted octanol–water partition coefficient (Wildman–Crippen LogP) is 3.43. The molecular formula is C19H24ClFN3S+. The maximum absolute atomic E-state index is 13.7. The molecular weight excluding hydrogens is 357 g/mol. The van der Waals surface area contributed by atoms with Gasteiger partial charge in [0.2, 0.25) is 0 Å². The lowest BCUT2D eigenvalue weighted by Gasteiger charge is -2.28. The molecule has 0 heterocycles. The van der Waals surface area contributed by atoms with Gasteiger partial charge in [0, 0.05) is 10.6 Å². The SMILES string of the molecule is CC[NH+](CC)[C@H](CNC(=S)Nc1ccccc1F)c1ccccc1Cl. The van der Waals surface area contributed by atoms with Gasteiger partial charge in [0.25, 0.3) is 0 Å². The van der Waals surface area contributed by atoms with Crippen molar-refractivity contribution in [2.24, 2.45) is 0 Å². The number of thiocarbonyl (C=S) groups is 1. The van der Waals surface area contributed by atoms with E-state index in [1.54, 1.807) is 18.2 Å². The smallest absolute Gasteiger partial charge is 0.171 e. The summed E-state index contributed by atoms with van der Waals surface area (Å²) in [5, 5.41) is 7.27. The van der Waals surface area contributed by atoms with Crippen molar-refractivity contribution < 1.29 is 9.29 Å². The number of anilines is 1. The van der Waals surface area contributed by atoms with Crippen LogP contribution in [0.25, 0.3) is 0 Å². The Hall–Kier alpha value is -1.69. The van der Waals surface area contributed by atoms with Crippen molar-refractivity contribution in [2.45, 2.75) is 19.9 Å². The third-order valence-electron chi connectivity index (χ3n) is 4.27. The summed E-state index contributed by atoms with van der Waals surface area (Å²) in [6.07, 6.45) is 0. The van der Waals surface area contributed by atoms with E-state index in [0.717, 1.165) is 23.7 Å². The van der Waals surface area contributed by atoms with Crippen LogP contribution in [0.3, 0.4) is 0 Å². The quantitative estimate of drug-likeness (QED) is 0.643. The van der Waals surface area contributed by atoms with E-state index in [9.17, 15) is 4.39 Å². The molecule has 2 aromatic carbocycles. The molecule has 2 rings (SSSR count). The Balaban J connectivity index is 2.08. The van der Waals surface area contributed by atoms with Crippen molar-refractivity contribution in [1.29, 1.82) is 0 Å². The minimum absolute atomic E-state index is 0.157. The molecule has 25 heavy (non-hydrogen) atoms. The van der Waals surface area contributed by atoms with Gasteiger partial charge in [-0.15, -0.1) is 0 Å². The first kappa shape index (κ1) is 19.6. The molecule has 0 bridgehead atoms. The van der Waals surface area contributed by atoms with Gasteiger partial charge in [-0.25, -0.2) is 4.39 Å². The van der Waals surface area contributed by atoms with Gasteiger partial charge in [0.15, 0.2) is 5.11 Å². The third-order valence-corrected chi connectivity index (χ3v) is 4.86. The highest BCUT2D eigenvalue weighted by atomic mass is 35.5. The summed E-state index contributed by atoms with van der Waals surface area (Å²) in [7, 11) is 0. The van der Waals surface area contributed by atoms with Crippen LogP contribution in [-0.4, -0.2) is 24.7 Å². The molecule has 3 nitrogen and oxygen atoms in total. The molecule has 2 aromatic rings. The number of quaternary nitrogens is 1. The van der Waals surface area contributed by atoms with Gasteiger partial charge in [-0.05, 0) is 44.3 Å². The van der Waals surface area contributed by atoms with Gasteiger partial charge < -0.3 is 15.5 Å². The number of hydrogen-bond donors (Lipinski definition) is 3. The predicted molar refractivity (Wildman–Crippen MR) is 107 cm³/mol. The number of benzene rings is 2. The molecule has 0 aliphatic rings. The molecule has 0 radical (unpaired) electrons. The summed E-state index contributed by atoms with van der Waals surface area (Å²) in [4.78, 5) is 1.40. The summed E-state index contributed by atoms with van der Waals surface area (Å²) in [5.74, 6) is -0.330. The largest absolute Gasteiger partial charge is 0.356 e. The van der Waals surface area contributed by atoms with Crippen LogP contribution in [0.1, 0.15) is 25.5 Å². The van der Waals surface area contributed by atoms with Crippen LogP contribution in [0.5, 0.6) is 0 Å². The normalized spacial score (nSPS) is 12.0. The Kier molecular flexibility index (Phi) is 7.62. The molecule has 1 atom stereocenters. The van der Waals surface area contributed by atoms with E-state index in [1.165, 1.54) is 11.0 Å². The summed E-state index contributed by atoms with van der Waals surface area (Å²) >= 11 is 11.7. The monoisotopic (exact) mass is 380 g/mol. The number of para-hydroxylation sites is 1. The van der Waals surface area contributed by atoms with Crippen LogP contribution >= 0.6 is 23.8 Å². The van der Waals surface area contributed by atoms with Crippen LogP contribution in [0.4, 0.5) is 10.1 Å². The van der Waals surface area contributed by atoms with E-state index >= 15 is 0 Å². The van der Waals surface area contributed by atoms with Crippen molar-refractivity contribution in [2.75, 3.05) is 25.0 Å². The highest BCUT2D eigenvalue weighted by molar-refractivity contribution is 7.80. The van der Waals surface area contributed by atoms with Crippen molar-refractivity contribution in [3.05, 3.63) is 64.9 Å². The Labute approximate surface area is 159 Å². The lowest BCUT2D eigenvalue weighted by molar-refractivity contribution is -0.927. The molecule has 134 valence electrons. The van der Waals surface area contributed by atoms with Crippen LogP contribution in [0.2, 0.25) is 5.02 Å². The van der Waals surface area contributed by atoms with Gasteiger partial charge in [-0.3, -0.25) is 0 Å². The Bertz CT molecular complexity index is 707. The first-order valence-electron chi connectivity index (χ1n) is 8.45. The summed E-state index contributed by atoms with van der Waals surface area (Å²) in [6.45, 7) is 6.86. The number of hydrogen-bond acceptors (Lipinski definition) is 1. The average molecular weight is 381 g/mol. The number of halogens is 2. The molecule has 3 N–H and O–H groups in total. The van der Waals surface area contributed by atoms with Crippen LogP contribution in [0.15, 0.2) is 48.5 Å². The maximum atomic E-state index is 13.7. The summed E-state index contributed by atoms with van der Waals surface area (Å²) in [6, 6.07) is 14.5. The molecule has 6 heteroatoms. The minimum Gasteiger partial charge on any atom is -0.356 e. The first-order valence-corrected chi connectivity index (χ1v) is 9.23. The maximum Gasteiger partial charge on any atom is 0.171 e. The zero-order valence-corrected chi connectivity index (χ0v) is 16.1. The average Bonchev–Trinajstić information content (AvgIpc) is 2.61. The molecule has 0 amide bonds. The fraction of sp³-hybridized carbons (Fsp3) is 0.316. The van der Waals surface area contributed by atoms with Crippen molar-refractivity contribution >= 4 is 34.6 Å². The Morgan fingerprint density at radius 2 is 1.76 bits per heavy atom. The lowest BCUT2D eigenvalue weighted by atomic mass is 10.0. The van der Waals surface area contributed by atoms with Gasteiger partial charge in [-0.2, -0.15) is 0 Å². The summed E-state index contributed by atoms with van der Waals surface area (Å²) < 4.78 is 13.7. The van der Waals surface area contributed by atoms with Gasteiger partial charge in [-0.1, -0.05) is 41.9 Å². The van der Waals surface area contributed by atoms with Gasteiger partial charge in [0.1, 0.15) is 11.9 Å². The van der Waals surface area contributed by atoms with Crippen molar-refractivity contribution in [1.82, 2.24) is 5.32 Å². The highest BCUT2D eigenvalue weighted by Gasteiger charge is 2.24. The van der Waals surface area contributed by atoms with E-state index in [-0.39, 0.29) is 11.9 Å². The second-order valence-electron chi connectivity index (χ2n) is 5.75. The van der Waals surface area contributed by atoms with Crippen molar-refractivity contribution in [3.8, 4) is 0 Å². The van der Waals surface area contributed by atoms with Gasteiger partial charge >= 0.3 is 0 Å². The zero-order chi connectivity index (χ0) is 18.2. The number of nitrogens with one attached hydrogen (secondary N) is 3. The zero-order valence-electron chi connectivity index (χ0n) is 14.5. The highest BCUT2D eigenvalue weighted by Crippen LogP contribution is 2.20. The second kappa shape index (κ2) is 9.70. The molecule has 0 saturated heterocycles. The first-order chi connectivity index (χ1) is 12.1. The van der Waals surface area contributed by atoms with Crippen LogP contribution in [-0.2, 0) is 0 Å². The molecule has 0 spiro atoms. The van der Waals surface area contributed by atoms with Crippen molar-refractivity contribution in [3.63, 3.8) is 0 Å². The molecule has 0 aliphatic heterocycles. The number of rotatable bonds is 7.